The summed E-state index contributed by atoms with van der Waals surface area (Å²) < 4.78 is 0. The molecule has 0 bridgehead atoms. The van der Waals surface area contributed by atoms with Crippen molar-refractivity contribution < 1.29 is 0 Å². The average molecular weight is 311 g/mol. The first-order valence-electron chi connectivity index (χ1n) is 7.71. The number of pyridine rings is 1. The van der Waals surface area contributed by atoms with Crippen molar-refractivity contribution >= 4 is 0 Å². The van der Waals surface area contributed by atoms with Gasteiger partial charge in [-0.15, -0.1) is 0 Å². The summed E-state index contributed by atoms with van der Waals surface area (Å²) in [5.41, 5.74) is 4.55. The Bertz CT molecular complexity index is 762. The first-order valence-corrected chi connectivity index (χ1v) is 7.71. The minimum Gasteiger partial charge on any atom is -0.262 e. The van der Waals surface area contributed by atoms with Crippen LogP contribution in [0.4, 0.5) is 0 Å². The third kappa shape index (κ3) is 4.11. The molecule has 4 aromatic rings. The third-order valence-corrected chi connectivity index (χ3v) is 3.42. The lowest BCUT2D eigenvalue weighted by atomic mass is 10.00. The van der Waals surface area contributed by atoms with E-state index in [0.717, 1.165) is 11.3 Å². The van der Waals surface area contributed by atoms with Gasteiger partial charge in [-0.25, -0.2) is 0 Å². The monoisotopic (exact) mass is 311 g/mol. The van der Waals surface area contributed by atoms with Crippen LogP contribution in [0.1, 0.15) is 0 Å². The van der Waals surface area contributed by atoms with E-state index < -0.39 is 0 Å². The summed E-state index contributed by atoms with van der Waals surface area (Å²) in [5, 5.41) is 0. The van der Waals surface area contributed by atoms with E-state index in [9.17, 15) is 0 Å². The van der Waals surface area contributed by atoms with E-state index in [1.54, 1.807) is 24.8 Å². The molecule has 0 saturated heterocycles. The van der Waals surface area contributed by atoms with Crippen LogP contribution in [-0.4, -0.2) is 15.0 Å². The van der Waals surface area contributed by atoms with Gasteiger partial charge < -0.3 is 0 Å². The number of hydrogen-bond acceptors (Lipinski definition) is 3. The van der Waals surface area contributed by atoms with Gasteiger partial charge in [0.15, 0.2) is 0 Å². The first kappa shape index (κ1) is 15.6. The lowest BCUT2D eigenvalue weighted by Gasteiger charge is -2.08. The first-order chi connectivity index (χ1) is 11.9. The van der Waals surface area contributed by atoms with E-state index in [1.165, 1.54) is 11.1 Å². The van der Waals surface area contributed by atoms with Crippen molar-refractivity contribution in [1.29, 1.82) is 0 Å². The molecule has 0 aliphatic heterocycles. The summed E-state index contributed by atoms with van der Waals surface area (Å²) >= 11 is 0. The zero-order chi connectivity index (χ0) is 16.5. The second-order valence-corrected chi connectivity index (χ2v) is 5.03. The molecular formula is C21H17N3. The molecule has 2 aromatic heterocycles. The molecule has 0 N–H and O–H groups in total. The molecule has 0 saturated carbocycles. The van der Waals surface area contributed by atoms with Gasteiger partial charge in [0.05, 0.1) is 5.69 Å². The molecule has 0 spiro atoms. The third-order valence-electron chi connectivity index (χ3n) is 3.42. The maximum Gasteiger partial charge on any atom is 0.0780 e. The van der Waals surface area contributed by atoms with Crippen LogP contribution in [0.25, 0.3) is 22.4 Å². The van der Waals surface area contributed by atoms with Gasteiger partial charge in [-0.1, -0.05) is 66.7 Å². The van der Waals surface area contributed by atoms with E-state index in [0.29, 0.717) is 0 Å². The molecule has 2 aromatic carbocycles. The maximum atomic E-state index is 4.53. The van der Waals surface area contributed by atoms with Crippen molar-refractivity contribution in [1.82, 2.24) is 15.0 Å². The number of benzene rings is 2. The quantitative estimate of drug-likeness (QED) is 0.529. The Kier molecular flexibility index (Phi) is 5.41. The minimum absolute atomic E-state index is 1.03. The van der Waals surface area contributed by atoms with Crippen molar-refractivity contribution in [2.75, 3.05) is 0 Å². The second-order valence-electron chi connectivity index (χ2n) is 5.03. The van der Waals surface area contributed by atoms with Gasteiger partial charge in [-0.3, -0.25) is 15.0 Å². The highest BCUT2D eigenvalue weighted by Gasteiger charge is 2.06. The van der Waals surface area contributed by atoms with Gasteiger partial charge in [-0.2, -0.15) is 0 Å². The second kappa shape index (κ2) is 8.34. The van der Waals surface area contributed by atoms with Gasteiger partial charge >= 0.3 is 0 Å². The summed E-state index contributed by atoms with van der Waals surface area (Å²) in [4.78, 5) is 12.0. The van der Waals surface area contributed by atoms with E-state index in [2.05, 4.69) is 57.4 Å². The lowest BCUT2D eigenvalue weighted by Crippen LogP contribution is -1.88. The fourth-order valence-electron chi connectivity index (χ4n) is 2.34. The minimum atomic E-state index is 1.03. The topological polar surface area (TPSA) is 38.7 Å². The van der Waals surface area contributed by atoms with Crippen LogP contribution >= 0.6 is 0 Å². The predicted octanol–water partition coefficient (Wildman–Crippen LogP) is 4.89. The van der Waals surface area contributed by atoms with Crippen LogP contribution in [0.5, 0.6) is 0 Å². The Morgan fingerprint density at radius 3 is 1.54 bits per heavy atom. The van der Waals surface area contributed by atoms with Crippen LogP contribution in [0.3, 0.4) is 0 Å². The van der Waals surface area contributed by atoms with Crippen LogP contribution in [-0.2, 0) is 0 Å². The summed E-state index contributed by atoms with van der Waals surface area (Å²) in [6.07, 6.45) is 8.40. The average Bonchev–Trinajstić information content (AvgIpc) is 2.71. The number of aromatic nitrogens is 3. The van der Waals surface area contributed by atoms with Crippen molar-refractivity contribution in [3.63, 3.8) is 0 Å². The molecule has 0 fully saturated rings. The molecule has 4 rings (SSSR count). The molecule has 0 unspecified atom stereocenters. The predicted molar refractivity (Wildman–Crippen MR) is 97.1 cm³/mol. The van der Waals surface area contributed by atoms with Crippen molar-refractivity contribution in [2.24, 2.45) is 0 Å². The van der Waals surface area contributed by atoms with Crippen molar-refractivity contribution in [2.45, 2.75) is 0 Å². The number of rotatable bonds is 2. The molecule has 116 valence electrons. The zero-order valence-electron chi connectivity index (χ0n) is 13.2. The van der Waals surface area contributed by atoms with Crippen LogP contribution in [0.2, 0.25) is 0 Å². The summed E-state index contributed by atoms with van der Waals surface area (Å²) in [5.74, 6) is 0. The standard InChI is InChI=1S/C17H13N.C4H4N2/c1-3-8-14(9-4-1)16-12-7-13-18-17(16)15-10-5-2-6-11-15;1-2-6-4-3-5-1/h1-13H;1-4H. The lowest BCUT2D eigenvalue weighted by molar-refractivity contribution is 1.20. The molecular weight excluding hydrogens is 294 g/mol. The fourth-order valence-corrected chi connectivity index (χ4v) is 2.34. The van der Waals surface area contributed by atoms with E-state index in [-0.39, 0.29) is 0 Å². The summed E-state index contributed by atoms with van der Waals surface area (Å²) in [6, 6.07) is 24.7. The Balaban J connectivity index is 0.000000238. The summed E-state index contributed by atoms with van der Waals surface area (Å²) in [7, 11) is 0. The van der Waals surface area contributed by atoms with E-state index >= 15 is 0 Å². The van der Waals surface area contributed by atoms with Gasteiger partial charge in [0.25, 0.3) is 0 Å². The highest BCUT2D eigenvalue weighted by atomic mass is 14.7. The Morgan fingerprint density at radius 1 is 0.458 bits per heavy atom. The smallest absolute Gasteiger partial charge is 0.0780 e. The Morgan fingerprint density at radius 2 is 1.00 bits per heavy atom. The van der Waals surface area contributed by atoms with Gasteiger partial charge in [0, 0.05) is 42.1 Å². The molecule has 0 radical (unpaired) electrons. The Labute approximate surface area is 141 Å². The fraction of sp³-hybridized carbons (Fsp3) is 0. The zero-order valence-corrected chi connectivity index (χ0v) is 13.2. The molecule has 2 heterocycles. The van der Waals surface area contributed by atoms with Gasteiger partial charge in [0.2, 0.25) is 0 Å². The molecule has 0 aliphatic carbocycles. The molecule has 0 amide bonds. The van der Waals surface area contributed by atoms with Crippen LogP contribution in [0.15, 0.2) is 104 Å². The largest absolute Gasteiger partial charge is 0.262 e. The van der Waals surface area contributed by atoms with E-state index in [1.807, 2.05) is 36.5 Å². The number of hydrogen-bond donors (Lipinski definition) is 0. The van der Waals surface area contributed by atoms with Crippen LogP contribution in [0, 0.1) is 0 Å². The van der Waals surface area contributed by atoms with Gasteiger partial charge in [0.1, 0.15) is 0 Å². The van der Waals surface area contributed by atoms with Gasteiger partial charge in [-0.05, 0) is 11.6 Å². The maximum absolute atomic E-state index is 4.53. The van der Waals surface area contributed by atoms with Crippen molar-refractivity contribution in [3.8, 4) is 22.4 Å². The SMILES string of the molecule is c1ccc(-c2cccnc2-c2ccccc2)cc1.c1cnccn1. The molecule has 3 heteroatoms. The number of nitrogens with zero attached hydrogens (tertiary/aromatic N) is 3. The molecule has 0 atom stereocenters. The van der Waals surface area contributed by atoms with Crippen molar-refractivity contribution in [3.05, 3.63) is 104 Å². The molecule has 3 nitrogen and oxygen atoms in total. The molecule has 0 aliphatic rings. The highest BCUT2D eigenvalue weighted by molar-refractivity contribution is 5.80. The van der Waals surface area contributed by atoms with E-state index in [4.69, 9.17) is 0 Å². The van der Waals surface area contributed by atoms with Crippen LogP contribution < -0.4 is 0 Å². The Hall–Kier alpha value is -3.33. The molecule has 24 heavy (non-hydrogen) atoms. The highest BCUT2D eigenvalue weighted by Crippen LogP contribution is 2.29. The summed E-state index contributed by atoms with van der Waals surface area (Å²) in [6.45, 7) is 0. The normalized spacial score (nSPS) is 9.67.